The van der Waals surface area contributed by atoms with Gasteiger partial charge < -0.3 is 10.1 Å². The van der Waals surface area contributed by atoms with Gasteiger partial charge in [-0.25, -0.2) is 0 Å². The number of piperidine rings is 1. The first kappa shape index (κ1) is 17.0. The minimum Gasteiger partial charge on any atom is -0.388 e. The molecule has 0 aliphatic carbocycles. The van der Waals surface area contributed by atoms with E-state index in [-0.39, 0.29) is 11.7 Å². The lowest BCUT2D eigenvalue weighted by molar-refractivity contribution is 0.0564. The molecule has 0 amide bonds. The number of carbonyl (C=O) groups excluding carboxylic acids is 1. The van der Waals surface area contributed by atoms with E-state index in [0.29, 0.717) is 6.54 Å². The summed E-state index contributed by atoms with van der Waals surface area (Å²) in [6.45, 7) is 2.14. The molecule has 1 aliphatic rings. The topological polar surface area (TPSA) is 56.3 Å². The van der Waals surface area contributed by atoms with Crippen LogP contribution in [0.15, 0.2) is 60.8 Å². The summed E-state index contributed by atoms with van der Waals surface area (Å²) in [7, 11) is 0. The lowest BCUT2D eigenvalue weighted by Crippen LogP contribution is -2.38. The number of carbonyl (C=O) groups is 1. The quantitative estimate of drug-likeness (QED) is 0.690. The van der Waals surface area contributed by atoms with Gasteiger partial charge in [-0.2, -0.15) is 0 Å². The zero-order valence-electron chi connectivity index (χ0n) is 14.8. The van der Waals surface area contributed by atoms with Crippen molar-refractivity contribution in [2.75, 3.05) is 19.6 Å². The molecule has 26 heavy (non-hydrogen) atoms. The summed E-state index contributed by atoms with van der Waals surface area (Å²) in [4.78, 5) is 18.1. The first-order chi connectivity index (χ1) is 12.7. The van der Waals surface area contributed by atoms with Crippen molar-refractivity contribution < 1.29 is 9.90 Å². The summed E-state index contributed by atoms with van der Waals surface area (Å²) < 4.78 is 0. The minimum absolute atomic E-state index is 0.157. The standard InChI is InChI=1S/C22H24N2O2/c25-21(19-14-23-20-9-5-4-8-18(19)20)15-24-12-10-17(11-13-24)22(26)16-6-2-1-3-7-16/h1-9,14,17,22-23,26H,10-13,15H2/t22-/m0/s1. The molecule has 1 aliphatic heterocycles. The number of Topliss-reactive ketones (excluding diaryl/α,β-unsaturated/α-hetero) is 1. The highest BCUT2D eigenvalue weighted by atomic mass is 16.3. The Morgan fingerprint density at radius 3 is 2.54 bits per heavy atom. The first-order valence-corrected chi connectivity index (χ1v) is 9.27. The van der Waals surface area contributed by atoms with E-state index in [1.165, 1.54) is 0 Å². The Kier molecular flexibility index (Phi) is 4.87. The zero-order valence-corrected chi connectivity index (χ0v) is 14.8. The molecule has 2 aromatic carbocycles. The highest BCUT2D eigenvalue weighted by Gasteiger charge is 2.27. The highest BCUT2D eigenvalue weighted by Crippen LogP contribution is 2.30. The third-order valence-corrected chi connectivity index (χ3v) is 5.48. The summed E-state index contributed by atoms with van der Waals surface area (Å²) in [6, 6.07) is 17.8. The van der Waals surface area contributed by atoms with E-state index in [1.807, 2.05) is 60.8 Å². The molecule has 2 N–H and O–H groups in total. The average molecular weight is 348 g/mol. The van der Waals surface area contributed by atoms with Crippen LogP contribution in [-0.4, -0.2) is 40.4 Å². The Bertz CT molecular complexity index is 879. The number of fused-ring (bicyclic) bond motifs is 1. The second-order valence-electron chi connectivity index (χ2n) is 7.14. The number of aliphatic hydroxyl groups is 1. The Hall–Kier alpha value is -2.43. The van der Waals surface area contributed by atoms with Crippen LogP contribution in [0.3, 0.4) is 0 Å². The third-order valence-electron chi connectivity index (χ3n) is 5.48. The number of likely N-dealkylation sites (tertiary alicyclic amines) is 1. The van der Waals surface area contributed by atoms with Crippen LogP contribution in [0.2, 0.25) is 0 Å². The molecule has 0 saturated carbocycles. The molecule has 0 unspecified atom stereocenters. The van der Waals surface area contributed by atoms with E-state index in [2.05, 4.69) is 9.88 Å². The monoisotopic (exact) mass is 348 g/mol. The smallest absolute Gasteiger partial charge is 0.178 e. The van der Waals surface area contributed by atoms with Crippen LogP contribution >= 0.6 is 0 Å². The van der Waals surface area contributed by atoms with Gasteiger partial charge in [-0.05, 0) is 43.5 Å². The number of H-pyrrole nitrogens is 1. The highest BCUT2D eigenvalue weighted by molar-refractivity contribution is 6.08. The number of para-hydroxylation sites is 1. The molecule has 1 fully saturated rings. The maximum absolute atomic E-state index is 12.7. The van der Waals surface area contributed by atoms with Crippen LogP contribution in [-0.2, 0) is 0 Å². The number of aromatic nitrogens is 1. The van der Waals surface area contributed by atoms with Gasteiger partial charge in [-0.3, -0.25) is 9.69 Å². The normalized spacial score (nSPS) is 17.4. The Morgan fingerprint density at radius 1 is 1.08 bits per heavy atom. The summed E-state index contributed by atoms with van der Waals surface area (Å²) in [6.07, 6.45) is 3.23. The van der Waals surface area contributed by atoms with Crippen molar-refractivity contribution in [3.8, 4) is 0 Å². The molecule has 0 spiro atoms. The summed E-state index contributed by atoms with van der Waals surface area (Å²) in [5.41, 5.74) is 2.76. The number of benzene rings is 2. The number of aromatic amines is 1. The molecule has 1 atom stereocenters. The summed E-state index contributed by atoms with van der Waals surface area (Å²) in [5.74, 6) is 0.418. The largest absolute Gasteiger partial charge is 0.388 e. The molecular weight excluding hydrogens is 324 g/mol. The van der Waals surface area contributed by atoms with Gasteiger partial charge in [0.25, 0.3) is 0 Å². The SMILES string of the molecule is O=C(CN1CCC([C@@H](O)c2ccccc2)CC1)c1c[nH]c2ccccc12. The molecule has 2 heterocycles. The average Bonchev–Trinajstić information content (AvgIpc) is 3.13. The van der Waals surface area contributed by atoms with Crippen LogP contribution in [0.25, 0.3) is 10.9 Å². The summed E-state index contributed by atoms with van der Waals surface area (Å²) >= 11 is 0. The van der Waals surface area contributed by atoms with Gasteiger partial charge in [-0.1, -0.05) is 48.5 Å². The van der Waals surface area contributed by atoms with E-state index in [1.54, 1.807) is 0 Å². The predicted molar refractivity (Wildman–Crippen MR) is 103 cm³/mol. The van der Waals surface area contributed by atoms with Crippen LogP contribution in [0.1, 0.15) is 34.9 Å². The molecule has 4 heteroatoms. The Balaban J connectivity index is 1.36. The van der Waals surface area contributed by atoms with Crippen molar-refractivity contribution in [2.24, 2.45) is 5.92 Å². The van der Waals surface area contributed by atoms with E-state index in [9.17, 15) is 9.90 Å². The van der Waals surface area contributed by atoms with Crippen LogP contribution in [0.5, 0.6) is 0 Å². The van der Waals surface area contributed by atoms with E-state index < -0.39 is 6.10 Å². The summed E-state index contributed by atoms with van der Waals surface area (Å²) in [5, 5.41) is 11.6. The van der Waals surface area contributed by atoms with Gasteiger partial charge in [-0.15, -0.1) is 0 Å². The fourth-order valence-corrected chi connectivity index (χ4v) is 3.94. The van der Waals surface area contributed by atoms with Crippen LogP contribution < -0.4 is 0 Å². The maximum Gasteiger partial charge on any atom is 0.178 e. The predicted octanol–water partition coefficient (Wildman–Crippen LogP) is 3.80. The number of nitrogens with zero attached hydrogens (tertiary/aromatic N) is 1. The number of rotatable bonds is 5. The molecule has 1 saturated heterocycles. The molecule has 0 bridgehead atoms. The Morgan fingerprint density at radius 2 is 1.77 bits per heavy atom. The van der Waals surface area contributed by atoms with Gasteiger partial charge in [0.15, 0.2) is 5.78 Å². The van der Waals surface area contributed by atoms with Crippen LogP contribution in [0, 0.1) is 5.92 Å². The van der Waals surface area contributed by atoms with Crippen molar-refractivity contribution in [1.82, 2.24) is 9.88 Å². The van der Waals surface area contributed by atoms with Crippen molar-refractivity contribution in [2.45, 2.75) is 18.9 Å². The van der Waals surface area contributed by atoms with Gasteiger partial charge in [0, 0.05) is 22.7 Å². The van der Waals surface area contributed by atoms with Gasteiger partial charge in [0.05, 0.1) is 12.6 Å². The van der Waals surface area contributed by atoms with Gasteiger partial charge in [0.1, 0.15) is 0 Å². The molecule has 4 rings (SSSR count). The molecule has 0 radical (unpaired) electrons. The Labute approximate surface area is 153 Å². The minimum atomic E-state index is -0.414. The molecular formula is C22H24N2O2. The number of ketones is 1. The van der Waals surface area contributed by atoms with Gasteiger partial charge >= 0.3 is 0 Å². The van der Waals surface area contributed by atoms with Crippen LogP contribution in [0.4, 0.5) is 0 Å². The van der Waals surface area contributed by atoms with Crippen molar-refractivity contribution >= 4 is 16.7 Å². The lowest BCUT2D eigenvalue weighted by Gasteiger charge is -2.34. The first-order valence-electron chi connectivity index (χ1n) is 9.27. The number of aliphatic hydroxyl groups excluding tert-OH is 1. The van der Waals surface area contributed by atoms with E-state index in [4.69, 9.17) is 0 Å². The second-order valence-corrected chi connectivity index (χ2v) is 7.14. The second kappa shape index (κ2) is 7.44. The van der Waals surface area contributed by atoms with Crippen molar-refractivity contribution in [3.63, 3.8) is 0 Å². The van der Waals surface area contributed by atoms with Gasteiger partial charge in [0.2, 0.25) is 0 Å². The fraction of sp³-hybridized carbons (Fsp3) is 0.318. The number of hydrogen-bond donors (Lipinski definition) is 2. The van der Waals surface area contributed by atoms with Crippen molar-refractivity contribution in [3.05, 3.63) is 71.9 Å². The molecule has 1 aromatic heterocycles. The maximum atomic E-state index is 12.7. The van der Waals surface area contributed by atoms with Crippen molar-refractivity contribution in [1.29, 1.82) is 0 Å². The zero-order chi connectivity index (χ0) is 17.9. The molecule has 3 aromatic rings. The molecule has 4 nitrogen and oxygen atoms in total. The fourth-order valence-electron chi connectivity index (χ4n) is 3.94. The number of hydrogen-bond acceptors (Lipinski definition) is 3. The number of nitrogens with one attached hydrogen (secondary N) is 1. The van der Waals surface area contributed by atoms with E-state index >= 15 is 0 Å². The molecule has 134 valence electrons. The lowest BCUT2D eigenvalue weighted by atomic mass is 9.87. The van der Waals surface area contributed by atoms with E-state index in [0.717, 1.165) is 48.0 Å². The third kappa shape index (κ3) is 3.43.